The number of carbonyl (C=O) groups is 1. The fraction of sp³-hybridized carbons (Fsp3) is 0.375. The Morgan fingerprint density at radius 2 is 2.03 bits per heavy atom. The largest absolute Gasteiger partial charge is 0.361 e. The highest BCUT2D eigenvalue weighted by Crippen LogP contribution is 2.27. The van der Waals surface area contributed by atoms with E-state index in [1.165, 1.54) is 0 Å². The summed E-state index contributed by atoms with van der Waals surface area (Å²) < 4.78 is 5.20. The van der Waals surface area contributed by atoms with E-state index in [0.717, 1.165) is 58.4 Å². The van der Waals surface area contributed by atoms with Crippen molar-refractivity contribution in [2.24, 2.45) is 0 Å². The monoisotopic (exact) mass is 423 g/mol. The maximum atomic E-state index is 12.9. The Morgan fingerprint density at radius 3 is 2.80 bits per heavy atom. The van der Waals surface area contributed by atoms with Crippen LogP contribution >= 0.6 is 11.6 Å². The van der Waals surface area contributed by atoms with Crippen LogP contribution in [-0.4, -0.2) is 34.0 Å². The molecule has 30 heavy (non-hydrogen) atoms. The van der Waals surface area contributed by atoms with Gasteiger partial charge in [0.2, 0.25) is 5.91 Å². The molecular weight excluding hydrogens is 398 g/mol. The number of hydrogen-bond donors (Lipinski definition) is 0. The van der Waals surface area contributed by atoms with E-state index >= 15 is 0 Å². The number of likely N-dealkylation sites (tertiary alicyclic amines) is 1. The van der Waals surface area contributed by atoms with Crippen molar-refractivity contribution in [3.63, 3.8) is 0 Å². The van der Waals surface area contributed by atoms with Gasteiger partial charge in [-0.1, -0.05) is 41.0 Å². The Bertz CT molecular complexity index is 1030. The second-order valence-corrected chi connectivity index (χ2v) is 8.39. The van der Waals surface area contributed by atoms with Gasteiger partial charge in [-0.15, -0.1) is 0 Å². The number of aryl methyl sites for hydroxylation is 2. The minimum atomic E-state index is 0.126. The average Bonchev–Trinajstić information content (AvgIpc) is 3.08. The van der Waals surface area contributed by atoms with Crippen LogP contribution in [0.25, 0.3) is 0 Å². The minimum Gasteiger partial charge on any atom is -0.361 e. The summed E-state index contributed by atoms with van der Waals surface area (Å²) in [5, 5.41) is 4.72. The predicted molar refractivity (Wildman–Crippen MR) is 117 cm³/mol. The number of hydrogen-bond acceptors (Lipinski definition) is 4. The lowest BCUT2D eigenvalue weighted by Crippen LogP contribution is -2.40. The van der Waals surface area contributed by atoms with Gasteiger partial charge in [0.05, 0.1) is 12.1 Å². The van der Waals surface area contributed by atoms with Gasteiger partial charge in [-0.2, -0.15) is 0 Å². The lowest BCUT2D eigenvalue weighted by molar-refractivity contribution is -0.131. The van der Waals surface area contributed by atoms with Gasteiger partial charge in [-0.25, -0.2) is 0 Å². The van der Waals surface area contributed by atoms with Gasteiger partial charge < -0.3 is 9.42 Å². The van der Waals surface area contributed by atoms with Crippen LogP contribution in [-0.2, 0) is 17.6 Å². The van der Waals surface area contributed by atoms with Gasteiger partial charge in [-0.05, 0) is 50.5 Å². The minimum absolute atomic E-state index is 0.126. The molecule has 6 heteroatoms. The van der Waals surface area contributed by atoms with E-state index in [-0.39, 0.29) is 11.8 Å². The van der Waals surface area contributed by atoms with E-state index in [1.54, 1.807) is 0 Å². The Morgan fingerprint density at radius 1 is 1.20 bits per heavy atom. The standard InChI is InChI=1S/C24H26ClN3O2/c1-16-21(17(2)30-27-16)14-24(29)28-12-6-8-19(15-28)23-11-5-9-20(26-23)13-18-7-3-4-10-22(18)25/h3-5,7,9-11,19H,6,8,12-15H2,1-2H3. The van der Waals surface area contributed by atoms with Crippen LogP contribution < -0.4 is 0 Å². The molecule has 0 N–H and O–H groups in total. The molecule has 1 aliphatic rings. The molecule has 0 bridgehead atoms. The summed E-state index contributed by atoms with van der Waals surface area (Å²) in [6.07, 6.45) is 3.06. The van der Waals surface area contributed by atoms with Crippen LogP contribution in [0.15, 0.2) is 47.0 Å². The number of rotatable bonds is 5. The number of piperidine rings is 1. The predicted octanol–water partition coefficient (Wildman–Crippen LogP) is 4.88. The molecule has 1 aliphatic heterocycles. The smallest absolute Gasteiger partial charge is 0.227 e. The van der Waals surface area contributed by atoms with Crippen LogP contribution in [0.4, 0.5) is 0 Å². The molecule has 156 valence electrons. The van der Waals surface area contributed by atoms with Crippen molar-refractivity contribution in [2.45, 2.75) is 45.4 Å². The lowest BCUT2D eigenvalue weighted by atomic mass is 9.93. The molecule has 0 spiro atoms. The van der Waals surface area contributed by atoms with E-state index in [4.69, 9.17) is 21.1 Å². The molecule has 0 saturated carbocycles. The SMILES string of the molecule is Cc1noc(C)c1CC(=O)N1CCCC(c2cccc(Cc3ccccc3Cl)n2)C1. The van der Waals surface area contributed by atoms with Crippen molar-refractivity contribution in [1.29, 1.82) is 0 Å². The van der Waals surface area contributed by atoms with E-state index in [0.29, 0.717) is 19.4 Å². The number of carbonyl (C=O) groups excluding carboxylic acids is 1. The number of benzene rings is 1. The molecule has 0 radical (unpaired) electrons. The van der Waals surface area contributed by atoms with Gasteiger partial charge in [0.15, 0.2) is 0 Å². The van der Waals surface area contributed by atoms with Gasteiger partial charge in [0, 0.05) is 47.4 Å². The Hall–Kier alpha value is -2.66. The highest BCUT2D eigenvalue weighted by Gasteiger charge is 2.27. The third-order valence-corrected chi connectivity index (χ3v) is 6.23. The molecule has 4 rings (SSSR count). The summed E-state index contributed by atoms with van der Waals surface area (Å²) in [5.74, 6) is 1.10. The molecule has 1 fully saturated rings. The lowest BCUT2D eigenvalue weighted by Gasteiger charge is -2.32. The van der Waals surface area contributed by atoms with Crippen LogP contribution in [0.3, 0.4) is 0 Å². The molecule has 3 aromatic rings. The van der Waals surface area contributed by atoms with Gasteiger partial charge in [0.1, 0.15) is 5.76 Å². The summed E-state index contributed by atoms with van der Waals surface area (Å²) in [7, 11) is 0. The molecule has 3 heterocycles. The normalized spacial score (nSPS) is 16.6. The summed E-state index contributed by atoms with van der Waals surface area (Å²) in [5.41, 5.74) is 4.82. The van der Waals surface area contributed by atoms with E-state index in [9.17, 15) is 4.79 Å². The van der Waals surface area contributed by atoms with Crippen LogP contribution in [0, 0.1) is 13.8 Å². The highest BCUT2D eigenvalue weighted by atomic mass is 35.5. The molecule has 1 unspecified atom stereocenters. The molecule has 1 atom stereocenters. The molecule has 5 nitrogen and oxygen atoms in total. The third-order valence-electron chi connectivity index (χ3n) is 5.86. The fourth-order valence-electron chi connectivity index (χ4n) is 4.12. The van der Waals surface area contributed by atoms with Crippen molar-refractivity contribution in [2.75, 3.05) is 13.1 Å². The van der Waals surface area contributed by atoms with Crippen LogP contribution in [0.5, 0.6) is 0 Å². The summed E-state index contributed by atoms with van der Waals surface area (Å²) in [4.78, 5) is 19.8. The molecule has 1 saturated heterocycles. The van der Waals surface area contributed by atoms with Gasteiger partial charge in [0.25, 0.3) is 0 Å². The zero-order chi connectivity index (χ0) is 21.1. The van der Waals surface area contributed by atoms with Crippen molar-refractivity contribution in [3.05, 3.63) is 81.5 Å². The van der Waals surface area contributed by atoms with E-state index < -0.39 is 0 Å². The second kappa shape index (κ2) is 9.00. The zero-order valence-electron chi connectivity index (χ0n) is 17.4. The van der Waals surface area contributed by atoms with Crippen molar-refractivity contribution in [1.82, 2.24) is 15.0 Å². The first-order chi connectivity index (χ1) is 14.5. The number of nitrogens with zero attached hydrogens (tertiary/aromatic N) is 3. The van der Waals surface area contributed by atoms with E-state index in [2.05, 4.69) is 17.3 Å². The quantitative estimate of drug-likeness (QED) is 0.586. The zero-order valence-corrected chi connectivity index (χ0v) is 18.2. The molecule has 0 aliphatic carbocycles. The van der Waals surface area contributed by atoms with Crippen molar-refractivity contribution < 1.29 is 9.32 Å². The summed E-state index contributed by atoms with van der Waals surface area (Å²) in [6.45, 7) is 5.23. The topological polar surface area (TPSA) is 59.2 Å². The second-order valence-electron chi connectivity index (χ2n) is 7.98. The summed E-state index contributed by atoms with van der Waals surface area (Å²) >= 11 is 6.31. The molecule has 1 amide bonds. The number of halogens is 1. The Kier molecular flexibility index (Phi) is 6.18. The van der Waals surface area contributed by atoms with E-state index in [1.807, 2.05) is 49.1 Å². The third kappa shape index (κ3) is 4.57. The van der Waals surface area contributed by atoms with Gasteiger partial charge >= 0.3 is 0 Å². The number of aromatic nitrogens is 2. The molecule has 1 aromatic carbocycles. The first kappa shape index (κ1) is 20.6. The maximum absolute atomic E-state index is 12.9. The highest BCUT2D eigenvalue weighted by molar-refractivity contribution is 6.31. The first-order valence-corrected chi connectivity index (χ1v) is 10.8. The fourth-order valence-corrected chi connectivity index (χ4v) is 4.33. The Balaban J connectivity index is 1.45. The van der Waals surface area contributed by atoms with Crippen LogP contribution in [0.2, 0.25) is 5.02 Å². The molecule has 2 aromatic heterocycles. The maximum Gasteiger partial charge on any atom is 0.227 e. The number of amides is 1. The van der Waals surface area contributed by atoms with Crippen molar-refractivity contribution in [3.8, 4) is 0 Å². The summed E-state index contributed by atoms with van der Waals surface area (Å²) in [6, 6.07) is 14.0. The molecular formula is C24H26ClN3O2. The van der Waals surface area contributed by atoms with Crippen molar-refractivity contribution >= 4 is 17.5 Å². The Labute approximate surface area is 182 Å². The van der Waals surface area contributed by atoms with Crippen LogP contribution in [0.1, 0.15) is 52.7 Å². The average molecular weight is 424 g/mol. The van der Waals surface area contributed by atoms with Gasteiger partial charge in [-0.3, -0.25) is 9.78 Å². The number of pyridine rings is 1. The first-order valence-electron chi connectivity index (χ1n) is 10.4.